The molecule has 0 aliphatic heterocycles. The van der Waals surface area contributed by atoms with E-state index in [-0.39, 0.29) is 0 Å². The SMILES string of the molecule is CN(CCCC(CCN)C(C)(C)C)Cc1cccs1. The second-order valence-corrected chi connectivity index (χ2v) is 7.63. The summed E-state index contributed by atoms with van der Waals surface area (Å²) in [6, 6.07) is 4.35. The summed E-state index contributed by atoms with van der Waals surface area (Å²) in [7, 11) is 2.22. The Kier molecular flexibility index (Phi) is 7.05. The number of nitrogens with zero attached hydrogens (tertiary/aromatic N) is 1. The molecule has 1 aromatic heterocycles. The molecule has 0 aliphatic rings. The molecule has 0 fully saturated rings. The van der Waals surface area contributed by atoms with Crippen LogP contribution in [0.5, 0.6) is 0 Å². The van der Waals surface area contributed by atoms with E-state index in [1.54, 1.807) is 0 Å². The van der Waals surface area contributed by atoms with Gasteiger partial charge in [-0.1, -0.05) is 26.8 Å². The van der Waals surface area contributed by atoms with Crippen LogP contribution in [-0.4, -0.2) is 25.0 Å². The molecule has 0 amide bonds. The van der Waals surface area contributed by atoms with Crippen molar-refractivity contribution in [2.24, 2.45) is 17.1 Å². The first kappa shape index (κ1) is 16.7. The van der Waals surface area contributed by atoms with E-state index in [4.69, 9.17) is 5.73 Å². The molecule has 1 rings (SSSR count). The van der Waals surface area contributed by atoms with Gasteiger partial charge in [-0.05, 0) is 62.2 Å². The van der Waals surface area contributed by atoms with Gasteiger partial charge in [-0.15, -0.1) is 11.3 Å². The van der Waals surface area contributed by atoms with Crippen LogP contribution in [0.15, 0.2) is 17.5 Å². The highest BCUT2D eigenvalue weighted by molar-refractivity contribution is 7.09. The van der Waals surface area contributed by atoms with Gasteiger partial charge in [0.05, 0.1) is 0 Å². The van der Waals surface area contributed by atoms with Crippen molar-refractivity contribution in [2.75, 3.05) is 20.1 Å². The van der Waals surface area contributed by atoms with E-state index in [2.05, 4.69) is 50.2 Å². The van der Waals surface area contributed by atoms with E-state index < -0.39 is 0 Å². The summed E-state index contributed by atoms with van der Waals surface area (Å²) < 4.78 is 0. The molecule has 1 heterocycles. The molecule has 0 radical (unpaired) electrons. The molecule has 19 heavy (non-hydrogen) atoms. The fourth-order valence-electron chi connectivity index (χ4n) is 2.57. The minimum Gasteiger partial charge on any atom is -0.330 e. The molecular weight excluding hydrogens is 252 g/mol. The normalized spacial score (nSPS) is 14.0. The third-order valence-electron chi connectivity index (χ3n) is 3.84. The van der Waals surface area contributed by atoms with Crippen molar-refractivity contribution in [1.29, 1.82) is 0 Å². The lowest BCUT2D eigenvalue weighted by Crippen LogP contribution is -2.25. The number of nitrogens with two attached hydrogens (primary N) is 1. The Morgan fingerprint density at radius 1 is 1.32 bits per heavy atom. The smallest absolute Gasteiger partial charge is 0.0324 e. The number of hydrogen-bond acceptors (Lipinski definition) is 3. The Bertz CT molecular complexity index is 327. The maximum atomic E-state index is 5.74. The van der Waals surface area contributed by atoms with Crippen LogP contribution in [0.3, 0.4) is 0 Å². The van der Waals surface area contributed by atoms with Gasteiger partial charge in [-0.3, -0.25) is 0 Å². The lowest BCUT2D eigenvalue weighted by atomic mass is 9.76. The van der Waals surface area contributed by atoms with Crippen molar-refractivity contribution in [2.45, 2.75) is 46.6 Å². The van der Waals surface area contributed by atoms with Gasteiger partial charge >= 0.3 is 0 Å². The van der Waals surface area contributed by atoms with Crippen molar-refractivity contribution >= 4 is 11.3 Å². The molecule has 0 bridgehead atoms. The molecular formula is C16H30N2S. The van der Waals surface area contributed by atoms with Crippen molar-refractivity contribution in [3.05, 3.63) is 22.4 Å². The fourth-order valence-corrected chi connectivity index (χ4v) is 3.35. The maximum absolute atomic E-state index is 5.74. The minimum atomic E-state index is 0.381. The van der Waals surface area contributed by atoms with Crippen molar-refractivity contribution in [3.8, 4) is 0 Å². The zero-order valence-corrected chi connectivity index (χ0v) is 13.8. The highest BCUT2D eigenvalue weighted by atomic mass is 32.1. The van der Waals surface area contributed by atoms with E-state index in [9.17, 15) is 0 Å². The second kappa shape index (κ2) is 8.03. The van der Waals surface area contributed by atoms with E-state index in [1.165, 1.54) is 24.3 Å². The summed E-state index contributed by atoms with van der Waals surface area (Å²) >= 11 is 1.85. The van der Waals surface area contributed by atoms with E-state index in [0.717, 1.165) is 25.4 Å². The van der Waals surface area contributed by atoms with Gasteiger partial charge in [-0.2, -0.15) is 0 Å². The standard InChI is InChI=1S/C16H30N2S/c1-16(2,3)14(9-10-17)7-5-11-18(4)13-15-8-6-12-19-15/h6,8,12,14H,5,7,9-11,13,17H2,1-4H3. The highest BCUT2D eigenvalue weighted by Crippen LogP contribution is 2.32. The summed E-state index contributed by atoms with van der Waals surface area (Å²) in [5.41, 5.74) is 6.12. The van der Waals surface area contributed by atoms with Crippen LogP contribution in [0.25, 0.3) is 0 Å². The molecule has 0 saturated carbocycles. The zero-order valence-electron chi connectivity index (χ0n) is 13.0. The highest BCUT2D eigenvalue weighted by Gasteiger charge is 2.23. The molecule has 110 valence electrons. The fraction of sp³-hybridized carbons (Fsp3) is 0.750. The van der Waals surface area contributed by atoms with Gasteiger partial charge in [0, 0.05) is 11.4 Å². The first-order valence-electron chi connectivity index (χ1n) is 7.34. The Morgan fingerprint density at radius 2 is 2.05 bits per heavy atom. The van der Waals surface area contributed by atoms with Crippen LogP contribution in [0, 0.1) is 11.3 Å². The molecule has 1 atom stereocenters. The molecule has 1 aromatic rings. The lowest BCUT2D eigenvalue weighted by molar-refractivity contribution is 0.199. The predicted molar refractivity (Wildman–Crippen MR) is 86.5 cm³/mol. The topological polar surface area (TPSA) is 29.3 Å². The molecule has 0 spiro atoms. The molecule has 2 N–H and O–H groups in total. The molecule has 0 aromatic carbocycles. The van der Waals surface area contributed by atoms with Gasteiger partial charge < -0.3 is 10.6 Å². The Hall–Kier alpha value is -0.380. The molecule has 2 nitrogen and oxygen atoms in total. The van der Waals surface area contributed by atoms with Gasteiger partial charge in [0.25, 0.3) is 0 Å². The first-order valence-corrected chi connectivity index (χ1v) is 8.22. The Labute approximate surface area is 123 Å². The van der Waals surface area contributed by atoms with Crippen molar-refractivity contribution in [1.82, 2.24) is 4.90 Å². The minimum absolute atomic E-state index is 0.381. The van der Waals surface area contributed by atoms with E-state index in [0.29, 0.717) is 5.41 Å². The third kappa shape index (κ3) is 6.55. The third-order valence-corrected chi connectivity index (χ3v) is 4.70. The van der Waals surface area contributed by atoms with E-state index >= 15 is 0 Å². The lowest BCUT2D eigenvalue weighted by Gasteiger charge is -2.31. The van der Waals surface area contributed by atoms with Crippen molar-refractivity contribution in [3.63, 3.8) is 0 Å². The summed E-state index contributed by atoms with van der Waals surface area (Å²) in [6.07, 6.45) is 3.71. The Balaban J connectivity index is 2.27. The van der Waals surface area contributed by atoms with Gasteiger partial charge in [0.2, 0.25) is 0 Å². The van der Waals surface area contributed by atoms with Crippen LogP contribution >= 0.6 is 11.3 Å². The van der Waals surface area contributed by atoms with Crippen molar-refractivity contribution < 1.29 is 0 Å². The molecule has 0 aliphatic carbocycles. The monoisotopic (exact) mass is 282 g/mol. The van der Waals surface area contributed by atoms with Crippen LogP contribution in [-0.2, 0) is 6.54 Å². The van der Waals surface area contributed by atoms with Crippen LogP contribution in [0.1, 0.15) is 44.9 Å². The summed E-state index contributed by atoms with van der Waals surface area (Å²) in [6.45, 7) is 10.1. The average molecular weight is 282 g/mol. The summed E-state index contributed by atoms with van der Waals surface area (Å²) in [4.78, 5) is 3.88. The molecule has 0 saturated heterocycles. The second-order valence-electron chi connectivity index (χ2n) is 6.60. The molecule has 3 heteroatoms. The average Bonchev–Trinajstić information content (AvgIpc) is 2.79. The number of thiophene rings is 1. The Morgan fingerprint density at radius 3 is 2.58 bits per heavy atom. The predicted octanol–water partition coefficient (Wildman–Crippen LogP) is 3.97. The van der Waals surface area contributed by atoms with Gasteiger partial charge in [0.15, 0.2) is 0 Å². The van der Waals surface area contributed by atoms with Gasteiger partial charge in [0.1, 0.15) is 0 Å². The van der Waals surface area contributed by atoms with Crippen LogP contribution in [0.4, 0.5) is 0 Å². The maximum Gasteiger partial charge on any atom is 0.0324 e. The summed E-state index contributed by atoms with van der Waals surface area (Å²) in [5, 5.41) is 2.15. The first-order chi connectivity index (χ1) is 8.93. The van der Waals surface area contributed by atoms with E-state index in [1.807, 2.05) is 11.3 Å². The van der Waals surface area contributed by atoms with Crippen LogP contribution < -0.4 is 5.73 Å². The number of hydrogen-bond donors (Lipinski definition) is 1. The quantitative estimate of drug-likeness (QED) is 0.781. The van der Waals surface area contributed by atoms with Crippen LogP contribution in [0.2, 0.25) is 0 Å². The number of rotatable bonds is 8. The molecule has 1 unspecified atom stereocenters. The summed E-state index contributed by atoms with van der Waals surface area (Å²) in [5.74, 6) is 0.743. The van der Waals surface area contributed by atoms with Gasteiger partial charge in [-0.25, -0.2) is 0 Å². The zero-order chi connectivity index (χ0) is 14.3. The largest absolute Gasteiger partial charge is 0.330 e.